The lowest BCUT2D eigenvalue weighted by Gasteiger charge is -2.19. The van der Waals surface area contributed by atoms with Crippen LogP contribution in [0.25, 0.3) is 10.8 Å². The monoisotopic (exact) mass is 317 g/mol. The van der Waals surface area contributed by atoms with E-state index in [0.29, 0.717) is 10.0 Å². The van der Waals surface area contributed by atoms with Gasteiger partial charge in [0.1, 0.15) is 0 Å². The molecule has 21 heavy (non-hydrogen) atoms. The molecule has 0 aliphatic rings. The Morgan fingerprint density at radius 2 is 1.81 bits per heavy atom. The summed E-state index contributed by atoms with van der Waals surface area (Å²) in [7, 11) is 0. The fourth-order valence-corrected chi connectivity index (χ4v) is 2.73. The Kier molecular flexibility index (Phi) is 4.08. The standard InChI is InChI=1S/C16H13Cl2N3/c17-14-6-5-10(7-15(14)18)16(21-19)13-9-20-8-11-3-1-2-4-12(11)13/h1-9,16,21H,19H2. The molecule has 0 aliphatic carbocycles. The number of nitrogens with two attached hydrogens (primary N) is 1. The van der Waals surface area contributed by atoms with Gasteiger partial charge >= 0.3 is 0 Å². The molecule has 0 spiro atoms. The van der Waals surface area contributed by atoms with Gasteiger partial charge in [0, 0.05) is 23.3 Å². The first-order valence-electron chi connectivity index (χ1n) is 6.44. The molecule has 2 aromatic carbocycles. The Morgan fingerprint density at radius 3 is 2.57 bits per heavy atom. The largest absolute Gasteiger partial charge is 0.271 e. The zero-order valence-corrected chi connectivity index (χ0v) is 12.6. The number of benzene rings is 2. The molecule has 5 heteroatoms. The van der Waals surface area contributed by atoms with Gasteiger partial charge in [-0.25, -0.2) is 5.43 Å². The first-order valence-corrected chi connectivity index (χ1v) is 7.20. The van der Waals surface area contributed by atoms with Gasteiger partial charge in [-0.3, -0.25) is 10.8 Å². The molecule has 1 atom stereocenters. The number of nitrogens with zero attached hydrogens (tertiary/aromatic N) is 1. The van der Waals surface area contributed by atoms with Crippen LogP contribution in [0, 0.1) is 0 Å². The molecule has 1 unspecified atom stereocenters. The number of nitrogens with one attached hydrogen (secondary N) is 1. The summed E-state index contributed by atoms with van der Waals surface area (Å²) in [6.07, 6.45) is 3.65. The van der Waals surface area contributed by atoms with Gasteiger partial charge in [0.05, 0.1) is 16.1 Å². The van der Waals surface area contributed by atoms with Crippen molar-refractivity contribution in [2.45, 2.75) is 6.04 Å². The van der Waals surface area contributed by atoms with Crippen LogP contribution in [0.2, 0.25) is 10.0 Å². The zero-order valence-electron chi connectivity index (χ0n) is 11.1. The molecule has 3 nitrogen and oxygen atoms in total. The number of hydrogen-bond donors (Lipinski definition) is 2. The van der Waals surface area contributed by atoms with E-state index in [1.807, 2.05) is 48.8 Å². The molecule has 0 fully saturated rings. The summed E-state index contributed by atoms with van der Waals surface area (Å²) in [5, 5.41) is 3.19. The van der Waals surface area contributed by atoms with E-state index < -0.39 is 0 Å². The van der Waals surface area contributed by atoms with Crippen molar-refractivity contribution in [3.8, 4) is 0 Å². The maximum Gasteiger partial charge on any atom is 0.0731 e. The highest BCUT2D eigenvalue weighted by molar-refractivity contribution is 6.42. The smallest absolute Gasteiger partial charge is 0.0731 e. The van der Waals surface area contributed by atoms with Crippen molar-refractivity contribution >= 4 is 34.0 Å². The van der Waals surface area contributed by atoms with Crippen LogP contribution in [0.3, 0.4) is 0 Å². The molecule has 0 saturated heterocycles. The van der Waals surface area contributed by atoms with E-state index in [0.717, 1.165) is 21.9 Å². The summed E-state index contributed by atoms with van der Waals surface area (Å²) in [5.74, 6) is 5.76. The van der Waals surface area contributed by atoms with Gasteiger partial charge in [-0.1, -0.05) is 53.5 Å². The van der Waals surface area contributed by atoms with E-state index in [2.05, 4.69) is 10.4 Å². The molecule has 1 aromatic heterocycles. The second kappa shape index (κ2) is 6.00. The fourth-order valence-electron chi connectivity index (χ4n) is 2.43. The molecule has 3 rings (SSSR count). The first kappa shape index (κ1) is 14.3. The second-order valence-corrected chi connectivity index (χ2v) is 5.54. The Bertz CT molecular complexity index is 784. The lowest BCUT2D eigenvalue weighted by molar-refractivity contribution is 0.639. The summed E-state index contributed by atoms with van der Waals surface area (Å²) in [4.78, 5) is 4.29. The molecule has 0 aliphatic heterocycles. The van der Waals surface area contributed by atoms with Crippen LogP contribution in [0.15, 0.2) is 54.9 Å². The van der Waals surface area contributed by atoms with E-state index in [-0.39, 0.29) is 6.04 Å². The lowest BCUT2D eigenvalue weighted by atomic mass is 9.96. The average Bonchev–Trinajstić information content (AvgIpc) is 2.52. The highest BCUT2D eigenvalue weighted by Crippen LogP contribution is 2.31. The van der Waals surface area contributed by atoms with Crippen LogP contribution in [-0.2, 0) is 0 Å². The summed E-state index contributed by atoms with van der Waals surface area (Å²) >= 11 is 12.1. The highest BCUT2D eigenvalue weighted by atomic mass is 35.5. The van der Waals surface area contributed by atoms with Crippen molar-refractivity contribution < 1.29 is 0 Å². The Labute approximate surface area is 132 Å². The van der Waals surface area contributed by atoms with Gasteiger partial charge in [0.25, 0.3) is 0 Å². The van der Waals surface area contributed by atoms with Crippen LogP contribution in [-0.4, -0.2) is 4.98 Å². The topological polar surface area (TPSA) is 50.9 Å². The maximum absolute atomic E-state index is 6.10. The molecule has 0 saturated carbocycles. The number of halogens is 2. The van der Waals surface area contributed by atoms with Crippen molar-refractivity contribution in [2.75, 3.05) is 0 Å². The minimum absolute atomic E-state index is 0.210. The summed E-state index contributed by atoms with van der Waals surface area (Å²) in [6.45, 7) is 0. The van der Waals surface area contributed by atoms with E-state index in [9.17, 15) is 0 Å². The number of aromatic nitrogens is 1. The number of fused-ring (bicyclic) bond motifs is 1. The Hall–Kier alpha value is -1.65. The predicted octanol–water partition coefficient (Wildman–Crippen LogP) is 4.09. The van der Waals surface area contributed by atoms with Crippen molar-refractivity contribution in [3.63, 3.8) is 0 Å². The Balaban J connectivity index is 2.16. The molecule has 1 heterocycles. The average molecular weight is 318 g/mol. The first-order chi connectivity index (χ1) is 10.2. The number of rotatable bonds is 3. The normalized spacial score (nSPS) is 12.5. The van der Waals surface area contributed by atoms with Crippen LogP contribution in [0.5, 0.6) is 0 Å². The minimum atomic E-state index is -0.210. The third-order valence-electron chi connectivity index (χ3n) is 3.45. The SMILES string of the molecule is NNC(c1ccc(Cl)c(Cl)c1)c1cncc2ccccc12. The van der Waals surface area contributed by atoms with Gasteiger partial charge in [-0.15, -0.1) is 0 Å². The third kappa shape index (κ3) is 2.74. The Morgan fingerprint density at radius 1 is 1.00 bits per heavy atom. The molecule has 0 radical (unpaired) electrons. The lowest BCUT2D eigenvalue weighted by Crippen LogP contribution is -2.29. The fraction of sp³-hybridized carbons (Fsp3) is 0.0625. The zero-order chi connectivity index (χ0) is 14.8. The van der Waals surface area contributed by atoms with Crippen LogP contribution < -0.4 is 11.3 Å². The van der Waals surface area contributed by atoms with Crippen molar-refractivity contribution in [3.05, 3.63) is 76.0 Å². The molecule has 0 bridgehead atoms. The van der Waals surface area contributed by atoms with E-state index in [1.165, 1.54) is 0 Å². The van der Waals surface area contributed by atoms with Gasteiger partial charge in [-0.2, -0.15) is 0 Å². The van der Waals surface area contributed by atoms with Crippen LogP contribution in [0.1, 0.15) is 17.2 Å². The quantitative estimate of drug-likeness (QED) is 0.565. The molecular formula is C16H13Cl2N3. The van der Waals surface area contributed by atoms with Gasteiger partial charge < -0.3 is 0 Å². The van der Waals surface area contributed by atoms with Crippen LogP contribution >= 0.6 is 23.2 Å². The van der Waals surface area contributed by atoms with Crippen molar-refractivity contribution in [2.24, 2.45) is 5.84 Å². The second-order valence-electron chi connectivity index (χ2n) is 4.72. The molecule has 106 valence electrons. The summed E-state index contributed by atoms with van der Waals surface area (Å²) in [6, 6.07) is 13.3. The van der Waals surface area contributed by atoms with E-state index >= 15 is 0 Å². The maximum atomic E-state index is 6.10. The van der Waals surface area contributed by atoms with Gasteiger partial charge in [-0.05, 0) is 23.1 Å². The van der Waals surface area contributed by atoms with Crippen LogP contribution in [0.4, 0.5) is 0 Å². The van der Waals surface area contributed by atoms with E-state index in [4.69, 9.17) is 29.0 Å². The molecular weight excluding hydrogens is 305 g/mol. The predicted molar refractivity (Wildman–Crippen MR) is 87.4 cm³/mol. The van der Waals surface area contributed by atoms with Gasteiger partial charge in [0.15, 0.2) is 0 Å². The minimum Gasteiger partial charge on any atom is -0.271 e. The summed E-state index contributed by atoms with van der Waals surface area (Å²) in [5.41, 5.74) is 4.76. The summed E-state index contributed by atoms with van der Waals surface area (Å²) < 4.78 is 0. The third-order valence-corrected chi connectivity index (χ3v) is 4.19. The molecule has 0 amide bonds. The number of hydrazine groups is 1. The molecule has 3 N–H and O–H groups in total. The van der Waals surface area contributed by atoms with Crippen molar-refractivity contribution in [1.29, 1.82) is 0 Å². The highest BCUT2D eigenvalue weighted by Gasteiger charge is 2.16. The van der Waals surface area contributed by atoms with E-state index in [1.54, 1.807) is 6.07 Å². The molecule has 3 aromatic rings. The van der Waals surface area contributed by atoms with Crippen molar-refractivity contribution in [1.82, 2.24) is 10.4 Å². The number of pyridine rings is 1. The number of hydrogen-bond acceptors (Lipinski definition) is 3. The van der Waals surface area contributed by atoms with Gasteiger partial charge in [0.2, 0.25) is 0 Å².